The van der Waals surface area contributed by atoms with Crippen LogP contribution in [0.4, 0.5) is 10.5 Å². The zero-order valence-corrected chi connectivity index (χ0v) is 13.8. The Morgan fingerprint density at radius 3 is 2.39 bits per heavy atom. The molecule has 6 heteroatoms. The third-order valence-electron chi connectivity index (χ3n) is 1.86. The van der Waals surface area contributed by atoms with Crippen LogP contribution in [0, 0.1) is 0 Å². The molecule has 1 amide bonds. The molecule has 4 nitrogen and oxygen atoms in total. The van der Waals surface area contributed by atoms with Crippen molar-refractivity contribution >= 4 is 43.6 Å². The maximum absolute atomic E-state index is 11.7. The van der Waals surface area contributed by atoms with E-state index in [0.717, 1.165) is 4.47 Å². The van der Waals surface area contributed by atoms with Gasteiger partial charge in [-0.2, -0.15) is 0 Å². The van der Waals surface area contributed by atoms with Gasteiger partial charge < -0.3 is 9.47 Å². The predicted molar refractivity (Wildman–Crippen MR) is 78.3 cm³/mol. The molecule has 0 aliphatic rings. The average molecular weight is 381 g/mol. The minimum absolute atomic E-state index is 0.524. The van der Waals surface area contributed by atoms with Crippen LogP contribution in [-0.2, 0) is 4.74 Å². The quantitative estimate of drug-likeness (QED) is 0.817. The molecule has 100 valence electrons. The lowest BCUT2D eigenvalue weighted by Crippen LogP contribution is -2.27. The topological polar surface area (TPSA) is 47.6 Å². The maximum atomic E-state index is 11.7. The van der Waals surface area contributed by atoms with E-state index in [2.05, 4.69) is 37.2 Å². The summed E-state index contributed by atoms with van der Waals surface area (Å²) in [7, 11) is 1.54. The summed E-state index contributed by atoms with van der Waals surface area (Å²) in [5.41, 5.74) is -0.00551. The summed E-state index contributed by atoms with van der Waals surface area (Å²) in [6, 6.07) is 3.58. The predicted octanol–water partition coefficient (Wildman–Crippen LogP) is 4.57. The van der Waals surface area contributed by atoms with Gasteiger partial charge in [0.05, 0.1) is 7.11 Å². The van der Waals surface area contributed by atoms with Gasteiger partial charge in [-0.25, -0.2) is 4.79 Å². The van der Waals surface area contributed by atoms with Crippen molar-refractivity contribution in [3.63, 3.8) is 0 Å². The molecular weight excluding hydrogens is 366 g/mol. The second-order valence-corrected chi connectivity index (χ2v) is 6.36. The summed E-state index contributed by atoms with van der Waals surface area (Å²) in [6.07, 6.45) is -0.524. The summed E-state index contributed by atoms with van der Waals surface area (Å²) in [6.45, 7) is 5.42. The van der Waals surface area contributed by atoms with Gasteiger partial charge in [0, 0.05) is 8.95 Å². The number of amides is 1. The molecular formula is C12H15Br2NO3. The fourth-order valence-corrected chi connectivity index (χ4v) is 2.52. The van der Waals surface area contributed by atoms with Gasteiger partial charge in [-0.1, -0.05) is 15.9 Å². The van der Waals surface area contributed by atoms with Gasteiger partial charge >= 0.3 is 6.09 Å². The van der Waals surface area contributed by atoms with E-state index in [1.807, 2.05) is 6.07 Å². The van der Waals surface area contributed by atoms with Crippen molar-refractivity contribution in [3.8, 4) is 5.75 Å². The molecule has 0 atom stereocenters. The van der Waals surface area contributed by atoms with E-state index >= 15 is 0 Å². The molecule has 1 aromatic carbocycles. The Hall–Kier alpha value is -0.750. The van der Waals surface area contributed by atoms with Crippen molar-refractivity contribution < 1.29 is 14.3 Å². The van der Waals surface area contributed by atoms with Gasteiger partial charge in [0.25, 0.3) is 0 Å². The Morgan fingerprint density at radius 2 is 1.89 bits per heavy atom. The Labute approximate surface area is 123 Å². The SMILES string of the molecule is COc1cc(Br)cc(Br)c1NC(=O)OC(C)(C)C. The highest BCUT2D eigenvalue weighted by Gasteiger charge is 2.19. The molecule has 0 saturated carbocycles. The van der Waals surface area contributed by atoms with E-state index in [1.54, 1.807) is 26.8 Å². The third-order valence-corrected chi connectivity index (χ3v) is 2.95. The van der Waals surface area contributed by atoms with E-state index in [9.17, 15) is 4.79 Å². The van der Waals surface area contributed by atoms with Crippen LogP contribution in [0.5, 0.6) is 5.75 Å². The Balaban J connectivity index is 2.94. The van der Waals surface area contributed by atoms with E-state index in [0.29, 0.717) is 15.9 Å². The number of ether oxygens (including phenoxy) is 2. The average Bonchev–Trinajstić information content (AvgIpc) is 2.18. The number of carbonyl (C=O) groups excluding carboxylic acids is 1. The lowest BCUT2D eigenvalue weighted by molar-refractivity contribution is 0.0635. The van der Waals surface area contributed by atoms with Crippen LogP contribution < -0.4 is 10.1 Å². The van der Waals surface area contributed by atoms with Gasteiger partial charge in [0.1, 0.15) is 17.0 Å². The molecule has 18 heavy (non-hydrogen) atoms. The highest BCUT2D eigenvalue weighted by molar-refractivity contribution is 9.11. The van der Waals surface area contributed by atoms with Gasteiger partial charge in [-0.05, 0) is 48.8 Å². The van der Waals surface area contributed by atoms with Gasteiger partial charge in [-0.3, -0.25) is 5.32 Å². The number of methoxy groups -OCH3 is 1. The zero-order chi connectivity index (χ0) is 13.9. The number of anilines is 1. The Bertz CT molecular complexity index is 455. The first kappa shape index (κ1) is 15.3. The van der Waals surface area contributed by atoms with E-state index in [-0.39, 0.29) is 0 Å². The smallest absolute Gasteiger partial charge is 0.412 e. The Kier molecular flexibility index (Phi) is 5.04. The molecule has 0 heterocycles. The van der Waals surface area contributed by atoms with Crippen LogP contribution in [-0.4, -0.2) is 18.8 Å². The van der Waals surface area contributed by atoms with Crippen molar-refractivity contribution in [1.29, 1.82) is 0 Å². The number of rotatable bonds is 2. The summed E-state index contributed by atoms with van der Waals surface area (Å²) in [5.74, 6) is 0.544. The van der Waals surface area contributed by atoms with Crippen LogP contribution in [0.25, 0.3) is 0 Å². The van der Waals surface area contributed by atoms with Crippen molar-refractivity contribution in [2.75, 3.05) is 12.4 Å². The standard InChI is InChI=1S/C12H15Br2NO3/c1-12(2,3)18-11(16)15-10-8(14)5-7(13)6-9(10)17-4/h5-6H,1-4H3,(H,15,16). The molecule has 1 rings (SSSR count). The Morgan fingerprint density at radius 1 is 1.28 bits per heavy atom. The molecule has 0 radical (unpaired) electrons. The number of hydrogen-bond donors (Lipinski definition) is 1. The molecule has 1 aromatic rings. The molecule has 0 spiro atoms. The molecule has 0 aliphatic heterocycles. The van der Waals surface area contributed by atoms with Gasteiger partial charge in [0.2, 0.25) is 0 Å². The maximum Gasteiger partial charge on any atom is 0.412 e. The van der Waals surface area contributed by atoms with Crippen molar-refractivity contribution in [2.24, 2.45) is 0 Å². The molecule has 0 fully saturated rings. The largest absolute Gasteiger partial charge is 0.494 e. The second kappa shape index (κ2) is 5.93. The van der Waals surface area contributed by atoms with Crippen LogP contribution in [0.1, 0.15) is 20.8 Å². The van der Waals surface area contributed by atoms with Crippen LogP contribution in [0.3, 0.4) is 0 Å². The fourth-order valence-electron chi connectivity index (χ4n) is 1.24. The summed E-state index contributed by atoms with van der Waals surface area (Å²) in [4.78, 5) is 11.7. The number of carbonyl (C=O) groups is 1. The van der Waals surface area contributed by atoms with Crippen molar-refractivity contribution in [1.82, 2.24) is 0 Å². The van der Waals surface area contributed by atoms with E-state index in [4.69, 9.17) is 9.47 Å². The third kappa shape index (κ3) is 4.49. The first-order chi connectivity index (χ1) is 8.23. The molecule has 0 aliphatic carbocycles. The summed E-state index contributed by atoms with van der Waals surface area (Å²) < 4.78 is 12.0. The number of hydrogen-bond acceptors (Lipinski definition) is 3. The number of benzene rings is 1. The highest BCUT2D eigenvalue weighted by atomic mass is 79.9. The van der Waals surface area contributed by atoms with E-state index in [1.165, 1.54) is 7.11 Å². The van der Waals surface area contributed by atoms with Crippen LogP contribution >= 0.6 is 31.9 Å². The summed E-state index contributed by atoms with van der Waals surface area (Å²) >= 11 is 6.72. The normalized spacial score (nSPS) is 11.0. The van der Waals surface area contributed by atoms with Crippen LogP contribution in [0.15, 0.2) is 21.1 Å². The van der Waals surface area contributed by atoms with Crippen molar-refractivity contribution in [3.05, 3.63) is 21.1 Å². The first-order valence-electron chi connectivity index (χ1n) is 5.26. The van der Waals surface area contributed by atoms with Crippen molar-refractivity contribution in [2.45, 2.75) is 26.4 Å². The molecule has 0 saturated heterocycles. The minimum atomic E-state index is -0.543. The monoisotopic (exact) mass is 379 g/mol. The molecule has 0 bridgehead atoms. The first-order valence-corrected chi connectivity index (χ1v) is 6.84. The highest BCUT2D eigenvalue weighted by Crippen LogP contribution is 2.36. The van der Waals surface area contributed by atoms with E-state index < -0.39 is 11.7 Å². The number of halogens is 2. The minimum Gasteiger partial charge on any atom is -0.494 e. The number of nitrogens with one attached hydrogen (secondary N) is 1. The van der Waals surface area contributed by atoms with Gasteiger partial charge in [0.15, 0.2) is 0 Å². The fraction of sp³-hybridized carbons (Fsp3) is 0.417. The molecule has 1 N–H and O–H groups in total. The molecule has 0 aromatic heterocycles. The second-order valence-electron chi connectivity index (χ2n) is 4.59. The van der Waals surface area contributed by atoms with Crippen LogP contribution in [0.2, 0.25) is 0 Å². The zero-order valence-electron chi connectivity index (χ0n) is 10.6. The van der Waals surface area contributed by atoms with Gasteiger partial charge in [-0.15, -0.1) is 0 Å². The lowest BCUT2D eigenvalue weighted by atomic mass is 10.2. The summed E-state index contributed by atoms with van der Waals surface area (Å²) in [5, 5.41) is 2.66. The lowest BCUT2D eigenvalue weighted by Gasteiger charge is -2.20. The molecule has 0 unspecified atom stereocenters.